The summed E-state index contributed by atoms with van der Waals surface area (Å²) in [4.78, 5) is 4.03. The largest absolute Gasteiger partial charge is 0.305 e. The van der Waals surface area contributed by atoms with E-state index in [9.17, 15) is 8.78 Å². The molecule has 0 aromatic carbocycles. The van der Waals surface area contributed by atoms with Gasteiger partial charge in [0.2, 0.25) is 0 Å². The van der Waals surface area contributed by atoms with Gasteiger partial charge in [-0.05, 0) is 26.6 Å². The van der Waals surface area contributed by atoms with Crippen LogP contribution in [0.25, 0.3) is 0 Å². The standard InChI is InChI=1S/C8H16F2N2.2C2H6/c1-11-3-2-4-12(6-5-11)7-8(9)10;2*1-2/h8H,2-7H2,1H3;2*1-2H3. The van der Waals surface area contributed by atoms with Crippen LogP contribution in [0.1, 0.15) is 34.1 Å². The highest BCUT2D eigenvalue weighted by Gasteiger charge is 2.15. The van der Waals surface area contributed by atoms with E-state index in [-0.39, 0.29) is 6.54 Å². The van der Waals surface area contributed by atoms with E-state index in [2.05, 4.69) is 4.90 Å². The van der Waals surface area contributed by atoms with Crippen LogP contribution in [0.4, 0.5) is 8.78 Å². The Hall–Kier alpha value is -0.220. The molecular weight excluding hydrogens is 210 g/mol. The summed E-state index contributed by atoms with van der Waals surface area (Å²) >= 11 is 0. The number of hydrogen-bond acceptors (Lipinski definition) is 2. The van der Waals surface area contributed by atoms with E-state index in [1.54, 1.807) is 0 Å². The third-order valence-electron chi connectivity index (χ3n) is 2.21. The van der Waals surface area contributed by atoms with E-state index < -0.39 is 6.43 Å². The van der Waals surface area contributed by atoms with Gasteiger partial charge in [0.05, 0.1) is 6.54 Å². The second-order valence-corrected chi connectivity index (χ2v) is 3.35. The van der Waals surface area contributed by atoms with Crippen molar-refractivity contribution in [2.45, 2.75) is 40.5 Å². The summed E-state index contributed by atoms with van der Waals surface area (Å²) in [6.45, 7) is 11.5. The van der Waals surface area contributed by atoms with Crippen LogP contribution >= 0.6 is 0 Å². The van der Waals surface area contributed by atoms with Crippen LogP contribution in [-0.4, -0.2) is 56.0 Å². The highest BCUT2D eigenvalue weighted by molar-refractivity contribution is 4.67. The monoisotopic (exact) mass is 238 g/mol. The first kappa shape index (κ1) is 18.2. The predicted octanol–water partition coefficient (Wildman–Crippen LogP) is 2.94. The van der Waals surface area contributed by atoms with Crippen molar-refractivity contribution in [1.29, 1.82) is 0 Å². The Kier molecular flexibility index (Phi) is 14.6. The van der Waals surface area contributed by atoms with E-state index in [1.165, 1.54) is 0 Å². The van der Waals surface area contributed by atoms with Gasteiger partial charge in [-0.15, -0.1) is 0 Å². The lowest BCUT2D eigenvalue weighted by molar-refractivity contribution is 0.0903. The predicted molar refractivity (Wildman–Crippen MR) is 67.3 cm³/mol. The molecule has 0 aliphatic carbocycles. The molecule has 1 aliphatic rings. The van der Waals surface area contributed by atoms with Crippen LogP contribution in [0.3, 0.4) is 0 Å². The second kappa shape index (κ2) is 12.8. The maximum absolute atomic E-state index is 12.0. The van der Waals surface area contributed by atoms with Crippen LogP contribution in [0.15, 0.2) is 0 Å². The number of nitrogens with zero attached hydrogens (tertiary/aromatic N) is 2. The summed E-state index contributed by atoms with van der Waals surface area (Å²) in [6.07, 6.45) is -1.18. The molecule has 1 fully saturated rings. The molecule has 0 aromatic rings. The Bertz CT molecular complexity index is 132. The van der Waals surface area contributed by atoms with Crippen molar-refractivity contribution < 1.29 is 8.78 Å². The van der Waals surface area contributed by atoms with Gasteiger partial charge in [-0.25, -0.2) is 8.78 Å². The van der Waals surface area contributed by atoms with Gasteiger partial charge in [0.1, 0.15) is 0 Å². The molecule has 1 saturated heterocycles. The SMILES string of the molecule is CC.CC.CN1CCCN(CC(F)F)CC1. The maximum atomic E-state index is 12.0. The Labute approximate surface area is 99.6 Å². The lowest BCUT2D eigenvalue weighted by Gasteiger charge is -2.18. The molecule has 0 amide bonds. The maximum Gasteiger partial charge on any atom is 0.251 e. The van der Waals surface area contributed by atoms with Crippen LogP contribution < -0.4 is 0 Å². The third-order valence-corrected chi connectivity index (χ3v) is 2.21. The topological polar surface area (TPSA) is 6.48 Å². The third kappa shape index (κ3) is 10.3. The molecule has 16 heavy (non-hydrogen) atoms. The average Bonchev–Trinajstić information content (AvgIpc) is 2.49. The van der Waals surface area contributed by atoms with E-state index in [0.29, 0.717) is 0 Å². The second-order valence-electron chi connectivity index (χ2n) is 3.35. The van der Waals surface area contributed by atoms with Gasteiger partial charge in [-0.3, -0.25) is 4.90 Å². The molecule has 1 rings (SSSR count). The highest BCUT2D eigenvalue weighted by Crippen LogP contribution is 2.03. The molecule has 0 radical (unpaired) electrons. The van der Waals surface area contributed by atoms with Gasteiger partial charge >= 0.3 is 0 Å². The van der Waals surface area contributed by atoms with Crippen LogP contribution in [-0.2, 0) is 0 Å². The molecule has 0 N–H and O–H groups in total. The first-order chi connectivity index (χ1) is 7.68. The van der Waals surface area contributed by atoms with Crippen molar-refractivity contribution in [2.24, 2.45) is 0 Å². The smallest absolute Gasteiger partial charge is 0.251 e. The molecule has 1 aliphatic heterocycles. The fourth-order valence-corrected chi connectivity index (χ4v) is 1.48. The molecule has 1 heterocycles. The van der Waals surface area contributed by atoms with Gasteiger partial charge < -0.3 is 4.90 Å². The Morgan fingerprint density at radius 3 is 2.00 bits per heavy atom. The summed E-state index contributed by atoms with van der Waals surface area (Å²) in [5.41, 5.74) is 0. The molecule has 0 bridgehead atoms. The normalized spacial score (nSPS) is 18.0. The quantitative estimate of drug-likeness (QED) is 0.730. The molecule has 2 nitrogen and oxygen atoms in total. The minimum absolute atomic E-state index is 0.0617. The Morgan fingerprint density at radius 1 is 0.938 bits per heavy atom. The Balaban J connectivity index is 0. The molecule has 4 heteroatoms. The zero-order valence-electron chi connectivity index (χ0n) is 11.5. The number of hydrogen-bond donors (Lipinski definition) is 0. The first-order valence-corrected chi connectivity index (χ1v) is 6.37. The number of alkyl halides is 2. The summed E-state index contributed by atoms with van der Waals surface area (Å²) in [5.74, 6) is 0. The van der Waals surface area contributed by atoms with Gasteiger partial charge in [0.25, 0.3) is 6.43 Å². The summed E-state index contributed by atoms with van der Waals surface area (Å²) in [5, 5.41) is 0. The minimum atomic E-state index is -2.19. The summed E-state index contributed by atoms with van der Waals surface area (Å²) < 4.78 is 24.0. The molecule has 0 saturated carbocycles. The van der Waals surface area contributed by atoms with Gasteiger partial charge in [0, 0.05) is 13.1 Å². The molecular formula is C12H28F2N2. The fraction of sp³-hybridized carbons (Fsp3) is 1.00. The molecule has 0 aromatic heterocycles. The number of rotatable bonds is 2. The molecule has 100 valence electrons. The van der Waals surface area contributed by atoms with Crippen molar-refractivity contribution in [3.8, 4) is 0 Å². The lowest BCUT2D eigenvalue weighted by Crippen LogP contribution is -2.32. The average molecular weight is 238 g/mol. The van der Waals surface area contributed by atoms with Crippen LogP contribution in [0.2, 0.25) is 0 Å². The number of halogens is 2. The lowest BCUT2D eigenvalue weighted by atomic mass is 10.4. The van der Waals surface area contributed by atoms with Gasteiger partial charge in [-0.2, -0.15) is 0 Å². The van der Waals surface area contributed by atoms with E-state index in [4.69, 9.17) is 0 Å². The van der Waals surface area contributed by atoms with E-state index in [0.717, 1.165) is 32.6 Å². The minimum Gasteiger partial charge on any atom is -0.305 e. The Morgan fingerprint density at radius 2 is 1.50 bits per heavy atom. The summed E-state index contributed by atoms with van der Waals surface area (Å²) in [7, 11) is 2.03. The van der Waals surface area contributed by atoms with Gasteiger partial charge in [0.15, 0.2) is 0 Å². The van der Waals surface area contributed by atoms with Crippen molar-refractivity contribution in [1.82, 2.24) is 9.80 Å². The molecule has 0 spiro atoms. The van der Waals surface area contributed by atoms with Crippen molar-refractivity contribution >= 4 is 0 Å². The van der Waals surface area contributed by atoms with Crippen molar-refractivity contribution in [3.05, 3.63) is 0 Å². The van der Waals surface area contributed by atoms with Crippen LogP contribution in [0, 0.1) is 0 Å². The summed E-state index contributed by atoms with van der Waals surface area (Å²) in [6, 6.07) is 0. The first-order valence-electron chi connectivity index (χ1n) is 6.37. The zero-order valence-corrected chi connectivity index (χ0v) is 11.5. The van der Waals surface area contributed by atoms with Gasteiger partial charge in [-0.1, -0.05) is 27.7 Å². The fourth-order valence-electron chi connectivity index (χ4n) is 1.48. The van der Waals surface area contributed by atoms with E-state index >= 15 is 0 Å². The zero-order chi connectivity index (χ0) is 13.0. The van der Waals surface area contributed by atoms with Crippen LogP contribution in [0.5, 0.6) is 0 Å². The van der Waals surface area contributed by atoms with Crippen molar-refractivity contribution in [3.63, 3.8) is 0 Å². The van der Waals surface area contributed by atoms with Crippen molar-refractivity contribution in [2.75, 3.05) is 39.8 Å². The highest BCUT2D eigenvalue weighted by atomic mass is 19.3. The van der Waals surface area contributed by atoms with E-state index in [1.807, 2.05) is 39.6 Å². The molecule has 0 unspecified atom stereocenters. The molecule has 0 atom stereocenters. The number of likely N-dealkylation sites (N-methyl/N-ethyl adjacent to an activating group) is 1.